The third-order valence-corrected chi connectivity index (χ3v) is 4.57. The Labute approximate surface area is 122 Å². The molecule has 0 saturated heterocycles. The Balaban J connectivity index is 1.86. The molecule has 0 atom stereocenters. The molecule has 2 heterocycles. The normalized spacial score (nSPS) is 14.7. The number of nitrogens with zero attached hydrogens (tertiary/aromatic N) is 3. The Bertz CT molecular complexity index is 611. The fourth-order valence-corrected chi connectivity index (χ4v) is 3.28. The van der Waals surface area contributed by atoms with E-state index in [0.29, 0.717) is 5.69 Å². The van der Waals surface area contributed by atoms with Gasteiger partial charge in [-0.25, -0.2) is 0 Å². The first-order chi connectivity index (χ1) is 9.78. The molecule has 0 unspecified atom stereocenters. The molecule has 0 fully saturated rings. The van der Waals surface area contributed by atoms with Crippen LogP contribution in [0.4, 0.5) is 5.69 Å². The van der Waals surface area contributed by atoms with E-state index < -0.39 is 0 Å². The molecule has 0 aliphatic carbocycles. The average Bonchev–Trinajstić information content (AvgIpc) is 2.69. The van der Waals surface area contributed by atoms with E-state index in [-0.39, 0.29) is 0 Å². The smallest absolute Gasteiger partial charge is 0.196 e. The van der Waals surface area contributed by atoms with Crippen molar-refractivity contribution in [2.24, 2.45) is 0 Å². The lowest BCUT2D eigenvalue weighted by Crippen LogP contribution is -2.02. The van der Waals surface area contributed by atoms with E-state index in [1.54, 1.807) is 18.9 Å². The van der Waals surface area contributed by atoms with Crippen LogP contribution < -0.4 is 10.5 Å². The third kappa shape index (κ3) is 2.60. The quantitative estimate of drug-likeness (QED) is 0.880. The molecule has 0 bridgehead atoms. The number of nitrogens with two attached hydrogens (primary N) is 1. The van der Waals surface area contributed by atoms with Gasteiger partial charge >= 0.3 is 0 Å². The summed E-state index contributed by atoms with van der Waals surface area (Å²) in [5, 5.41) is 9.54. The van der Waals surface area contributed by atoms with Gasteiger partial charge in [-0.15, -0.1) is 10.2 Å². The molecular formula is C14H18N4OS. The summed E-state index contributed by atoms with van der Waals surface area (Å²) in [6, 6.07) is 5.72. The molecule has 1 aliphatic heterocycles. The number of benzene rings is 1. The van der Waals surface area contributed by atoms with Crippen LogP contribution in [0.1, 0.15) is 25.1 Å². The predicted octanol–water partition coefficient (Wildman–Crippen LogP) is 2.75. The van der Waals surface area contributed by atoms with Crippen molar-refractivity contribution in [1.82, 2.24) is 14.8 Å². The number of rotatable bonds is 3. The van der Waals surface area contributed by atoms with Crippen LogP contribution in [0.25, 0.3) is 0 Å². The maximum atomic E-state index is 6.06. The zero-order chi connectivity index (χ0) is 13.9. The second-order valence-electron chi connectivity index (χ2n) is 4.87. The summed E-state index contributed by atoms with van der Waals surface area (Å²) >= 11 is 1.57. The van der Waals surface area contributed by atoms with E-state index in [1.165, 1.54) is 19.3 Å². The molecule has 3 rings (SSSR count). The molecule has 20 heavy (non-hydrogen) atoms. The summed E-state index contributed by atoms with van der Waals surface area (Å²) in [6.07, 6.45) is 4.67. The van der Waals surface area contributed by atoms with E-state index in [1.807, 2.05) is 18.2 Å². The van der Waals surface area contributed by atoms with Crippen molar-refractivity contribution >= 4 is 17.4 Å². The van der Waals surface area contributed by atoms with Gasteiger partial charge in [0.1, 0.15) is 11.6 Å². The van der Waals surface area contributed by atoms with E-state index >= 15 is 0 Å². The summed E-state index contributed by atoms with van der Waals surface area (Å²) < 4.78 is 7.39. The number of fused-ring (bicyclic) bond motifs is 1. The second-order valence-corrected chi connectivity index (χ2v) is 5.88. The van der Waals surface area contributed by atoms with Gasteiger partial charge in [-0.2, -0.15) is 0 Å². The highest BCUT2D eigenvalue weighted by molar-refractivity contribution is 7.99. The zero-order valence-corrected chi connectivity index (χ0v) is 12.3. The number of aromatic nitrogens is 3. The number of ether oxygens (including phenoxy) is 1. The van der Waals surface area contributed by atoms with Crippen LogP contribution in [0.3, 0.4) is 0 Å². The molecule has 0 spiro atoms. The molecule has 5 nitrogen and oxygen atoms in total. The lowest BCUT2D eigenvalue weighted by Gasteiger charge is -2.09. The maximum absolute atomic E-state index is 6.06. The fourth-order valence-electron chi connectivity index (χ4n) is 2.38. The molecule has 6 heteroatoms. The number of anilines is 1. The van der Waals surface area contributed by atoms with Gasteiger partial charge in [-0.1, -0.05) is 6.42 Å². The number of aryl methyl sites for hydroxylation is 1. The number of hydrogen-bond donors (Lipinski definition) is 1. The lowest BCUT2D eigenvalue weighted by atomic mass is 10.2. The SMILES string of the molecule is COc1ccc(Sc2nnc3n2CCCCC3)c(N)c1. The van der Waals surface area contributed by atoms with Gasteiger partial charge in [0.2, 0.25) is 0 Å². The van der Waals surface area contributed by atoms with Crippen LogP contribution in [0, 0.1) is 0 Å². The van der Waals surface area contributed by atoms with Crippen molar-refractivity contribution in [1.29, 1.82) is 0 Å². The Morgan fingerprint density at radius 2 is 2.15 bits per heavy atom. The van der Waals surface area contributed by atoms with Gasteiger partial charge < -0.3 is 15.0 Å². The van der Waals surface area contributed by atoms with Gasteiger partial charge in [0, 0.05) is 29.6 Å². The van der Waals surface area contributed by atoms with Gasteiger partial charge in [-0.05, 0) is 36.7 Å². The number of nitrogen functional groups attached to an aromatic ring is 1. The van der Waals surface area contributed by atoms with Crippen molar-refractivity contribution < 1.29 is 4.74 Å². The Morgan fingerprint density at radius 3 is 2.95 bits per heavy atom. The summed E-state index contributed by atoms with van der Waals surface area (Å²) in [7, 11) is 1.64. The van der Waals surface area contributed by atoms with E-state index in [9.17, 15) is 0 Å². The molecule has 0 radical (unpaired) electrons. The van der Waals surface area contributed by atoms with Crippen LogP contribution in [-0.2, 0) is 13.0 Å². The van der Waals surface area contributed by atoms with Gasteiger partial charge in [-0.3, -0.25) is 0 Å². The van der Waals surface area contributed by atoms with E-state index in [2.05, 4.69) is 14.8 Å². The van der Waals surface area contributed by atoms with Crippen LogP contribution in [0.15, 0.2) is 28.3 Å². The third-order valence-electron chi connectivity index (χ3n) is 3.49. The summed E-state index contributed by atoms with van der Waals surface area (Å²) in [5.74, 6) is 1.86. The molecule has 2 N–H and O–H groups in total. The van der Waals surface area contributed by atoms with Gasteiger partial charge in [0.15, 0.2) is 5.16 Å². The molecular weight excluding hydrogens is 272 g/mol. The fraction of sp³-hybridized carbons (Fsp3) is 0.429. The predicted molar refractivity (Wildman–Crippen MR) is 79.1 cm³/mol. The Kier molecular flexibility index (Phi) is 3.82. The molecule has 1 aromatic carbocycles. The molecule has 106 valence electrons. The molecule has 2 aromatic rings. The average molecular weight is 290 g/mol. The summed E-state index contributed by atoms with van der Waals surface area (Å²) in [4.78, 5) is 0.991. The minimum atomic E-state index is 0.709. The van der Waals surface area contributed by atoms with E-state index in [0.717, 1.165) is 34.6 Å². The van der Waals surface area contributed by atoms with Crippen molar-refractivity contribution in [2.75, 3.05) is 12.8 Å². The zero-order valence-electron chi connectivity index (χ0n) is 11.5. The monoisotopic (exact) mass is 290 g/mol. The lowest BCUT2D eigenvalue weighted by molar-refractivity contribution is 0.415. The first kappa shape index (κ1) is 13.3. The standard InChI is InChI=1S/C14H18N4OS/c1-19-10-6-7-12(11(15)9-10)20-14-17-16-13-5-3-2-4-8-18(13)14/h6-7,9H,2-5,8,15H2,1H3. The Morgan fingerprint density at radius 1 is 1.25 bits per heavy atom. The van der Waals surface area contributed by atoms with Crippen LogP contribution in [-0.4, -0.2) is 21.9 Å². The Hall–Kier alpha value is -1.69. The molecule has 0 amide bonds. The van der Waals surface area contributed by atoms with Crippen molar-refractivity contribution in [2.45, 2.75) is 42.3 Å². The highest BCUT2D eigenvalue weighted by Gasteiger charge is 2.16. The maximum Gasteiger partial charge on any atom is 0.196 e. The van der Waals surface area contributed by atoms with Crippen LogP contribution in [0.2, 0.25) is 0 Å². The number of hydrogen-bond acceptors (Lipinski definition) is 5. The van der Waals surface area contributed by atoms with Gasteiger partial charge in [0.25, 0.3) is 0 Å². The first-order valence-corrected chi connectivity index (χ1v) is 7.63. The largest absolute Gasteiger partial charge is 0.497 e. The number of methoxy groups -OCH3 is 1. The first-order valence-electron chi connectivity index (χ1n) is 6.81. The minimum absolute atomic E-state index is 0.709. The van der Waals surface area contributed by atoms with E-state index in [4.69, 9.17) is 10.5 Å². The topological polar surface area (TPSA) is 66.0 Å². The van der Waals surface area contributed by atoms with Crippen LogP contribution in [0.5, 0.6) is 5.75 Å². The van der Waals surface area contributed by atoms with Crippen molar-refractivity contribution in [3.05, 3.63) is 24.0 Å². The van der Waals surface area contributed by atoms with Crippen molar-refractivity contribution in [3.63, 3.8) is 0 Å². The highest BCUT2D eigenvalue weighted by Crippen LogP contribution is 2.34. The van der Waals surface area contributed by atoms with Crippen LogP contribution >= 0.6 is 11.8 Å². The van der Waals surface area contributed by atoms with Gasteiger partial charge in [0.05, 0.1) is 7.11 Å². The minimum Gasteiger partial charge on any atom is -0.497 e. The summed E-state index contributed by atoms with van der Waals surface area (Å²) in [5.41, 5.74) is 6.77. The molecule has 1 aromatic heterocycles. The van der Waals surface area contributed by atoms with Crippen molar-refractivity contribution in [3.8, 4) is 5.75 Å². The summed E-state index contributed by atoms with van der Waals surface area (Å²) in [6.45, 7) is 1.00. The molecule has 1 aliphatic rings. The highest BCUT2D eigenvalue weighted by atomic mass is 32.2. The second kappa shape index (κ2) is 5.75. The molecule has 0 saturated carbocycles.